The van der Waals surface area contributed by atoms with Gasteiger partial charge in [0.25, 0.3) is 0 Å². The minimum absolute atomic E-state index is 0.0786. The highest BCUT2D eigenvalue weighted by atomic mass is 32.2. The van der Waals surface area contributed by atoms with Crippen LogP contribution in [0, 0.1) is 13.8 Å². The first-order valence-electron chi connectivity index (χ1n) is 6.70. The van der Waals surface area contributed by atoms with Crippen LogP contribution in [0.25, 0.3) is 0 Å². The van der Waals surface area contributed by atoms with Crippen LogP contribution in [0.15, 0.2) is 23.1 Å². The van der Waals surface area contributed by atoms with Crippen LogP contribution in [0.3, 0.4) is 0 Å². The Kier molecular flexibility index (Phi) is 4.28. The lowest BCUT2D eigenvalue weighted by Gasteiger charge is -2.24. The molecule has 0 bridgehead atoms. The second-order valence-corrected chi connectivity index (χ2v) is 7.10. The fraction of sp³-hybridized carbons (Fsp3) is 0.571. The van der Waals surface area contributed by atoms with Crippen LogP contribution in [-0.4, -0.2) is 38.9 Å². The molecule has 0 amide bonds. The molecule has 0 spiro atoms. The SMILES string of the molecule is CNC[C@@H]1CCCN1S(=O)(=O)c1cc(C)ccc1C. The van der Waals surface area contributed by atoms with E-state index in [-0.39, 0.29) is 6.04 Å². The van der Waals surface area contributed by atoms with Crippen LogP contribution in [0.2, 0.25) is 0 Å². The van der Waals surface area contributed by atoms with E-state index >= 15 is 0 Å². The van der Waals surface area contributed by atoms with Gasteiger partial charge < -0.3 is 5.32 Å². The van der Waals surface area contributed by atoms with Crippen molar-refractivity contribution in [2.24, 2.45) is 0 Å². The molecule has 1 saturated heterocycles. The van der Waals surface area contributed by atoms with E-state index in [9.17, 15) is 8.42 Å². The minimum atomic E-state index is -3.37. The van der Waals surface area contributed by atoms with E-state index in [2.05, 4.69) is 5.32 Å². The van der Waals surface area contributed by atoms with Gasteiger partial charge in [-0.05, 0) is 50.9 Å². The van der Waals surface area contributed by atoms with Gasteiger partial charge in [0.15, 0.2) is 0 Å². The normalized spacial score (nSPS) is 20.9. The Morgan fingerprint density at radius 3 is 2.79 bits per heavy atom. The topological polar surface area (TPSA) is 49.4 Å². The molecule has 4 nitrogen and oxygen atoms in total. The average Bonchev–Trinajstić information content (AvgIpc) is 2.81. The summed E-state index contributed by atoms with van der Waals surface area (Å²) in [7, 11) is -1.51. The summed E-state index contributed by atoms with van der Waals surface area (Å²) in [5.74, 6) is 0. The van der Waals surface area contributed by atoms with E-state index in [1.54, 1.807) is 10.4 Å². The van der Waals surface area contributed by atoms with E-state index in [0.29, 0.717) is 18.0 Å². The fourth-order valence-corrected chi connectivity index (χ4v) is 4.68. The summed E-state index contributed by atoms with van der Waals surface area (Å²) >= 11 is 0. The number of aryl methyl sites for hydroxylation is 2. The van der Waals surface area contributed by atoms with Gasteiger partial charge in [-0.2, -0.15) is 4.31 Å². The largest absolute Gasteiger partial charge is 0.318 e. The summed E-state index contributed by atoms with van der Waals surface area (Å²) in [5.41, 5.74) is 1.80. The van der Waals surface area contributed by atoms with Crippen molar-refractivity contribution in [3.8, 4) is 0 Å². The third-order valence-electron chi connectivity index (χ3n) is 3.69. The first-order chi connectivity index (χ1) is 8.96. The highest BCUT2D eigenvalue weighted by Gasteiger charge is 2.35. The first-order valence-corrected chi connectivity index (χ1v) is 8.14. The molecule has 2 rings (SSSR count). The minimum Gasteiger partial charge on any atom is -0.318 e. The molecule has 1 fully saturated rings. The molecule has 1 aliphatic rings. The Balaban J connectivity index is 2.39. The third-order valence-corrected chi connectivity index (χ3v) is 5.79. The number of likely N-dealkylation sites (N-methyl/N-ethyl adjacent to an activating group) is 1. The number of hydrogen-bond acceptors (Lipinski definition) is 3. The van der Waals surface area contributed by atoms with Crippen molar-refractivity contribution in [2.75, 3.05) is 20.1 Å². The van der Waals surface area contributed by atoms with Gasteiger partial charge in [-0.1, -0.05) is 12.1 Å². The summed E-state index contributed by atoms with van der Waals surface area (Å²) in [5, 5.41) is 3.08. The van der Waals surface area contributed by atoms with Gasteiger partial charge in [0.05, 0.1) is 4.90 Å². The summed E-state index contributed by atoms with van der Waals surface area (Å²) in [6, 6.07) is 5.68. The monoisotopic (exact) mass is 282 g/mol. The molecule has 19 heavy (non-hydrogen) atoms. The highest BCUT2D eigenvalue weighted by molar-refractivity contribution is 7.89. The maximum atomic E-state index is 12.8. The van der Waals surface area contributed by atoms with Crippen molar-refractivity contribution in [3.05, 3.63) is 29.3 Å². The van der Waals surface area contributed by atoms with Crippen molar-refractivity contribution in [3.63, 3.8) is 0 Å². The Labute approximate surface area is 115 Å². The molecule has 1 heterocycles. The van der Waals surface area contributed by atoms with Crippen LogP contribution >= 0.6 is 0 Å². The molecule has 106 valence electrons. The number of rotatable bonds is 4. The summed E-state index contributed by atoms with van der Waals surface area (Å²) in [6.07, 6.45) is 1.88. The Hall–Kier alpha value is -0.910. The zero-order chi connectivity index (χ0) is 14.0. The standard InChI is InChI=1S/C14H22N2O2S/c1-11-6-7-12(2)14(9-11)19(17,18)16-8-4-5-13(16)10-15-3/h6-7,9,13,15H,4-5,8,10H2,1-3H3/t13-/m0/s1. The molecule has 0 aromatic heterocycles. The van der Waals surface area contributed by atoms with E-state index in [4.69, 9.17) is 0 Å². The zero-order valence-electron chi connectivity index (χ0n) is 11.8. The first kappa shape index (κ1) is 14.5. The predicted octanol–water partition coefficient (Wildman–Crippen LogP) is 1.68. The lowest BCUT2D eigenvalue weighted by molar-refractivity contribution is 0.379. The van der Waals surface area contributed by atoms with Gasteiger partial charge in [0.1, 0.15) is 0 Å². The predicted molar refractivity (Wildman–Crippen MR) is 76.8 cm³/mol. The smallest absolute Gasteiger partial charge is 0.243 e. The number of sulfonamides is 1. The quantitative estimate of drug-likeness (QED) is 0.914. The number of nitrogens with one attached hydrogen (secondary N) is 1. The van der Waals surface area contributed by atoms with Crippen molar-refractivity contribution in [2.45, 2.75) is 37.6 Å². The van der Waals surface area contributed by atoms with Crippen LogP contribution in [0.4, 0.5) is 0 Å². The van der Waals surface area contributed by atoms with Gasteiger partial charge in [0.2, 0.25) is 10.0 Å². The summed E-state index contributed by atoms with van der Waals surface area (Å²) in [6.45, 7) is 5.12. The summed E-state index contributed by atoms with van der Waals surface area (Å²) < 4.78 is 27.2. The van der Waals surface area contributed by atoms with Gasteiger partial charge in [-0.3, -0.25) is 0 Å². The Morgan fingerprint density at radius 2 is 2.11 bits per heavy atom. The second-order valence-electron chi connectivity index (χ2n) is 5.24. The highest BCUT2D eigenvalue weighted by Crippen LogP contribution is 2.28. The summed E-state index contributed by atoms with van der Waals surface area (Å²) in [4.78, 5) is 0.454. The third kappa shape index (κ3) is 2.83. The lowest BCUT2D eigenvalue weighted by atomic mass is 10.2. The molecule has 0 unspecified atom stereocenters. The maximum absolute atomic E-state index is 12.8. The molecule has 1 aliphatic heterocycles. The molecule has 1 atom stereocenters. The molecule has 0 aliphatic carbocycles. The van der Waals surface area contributed by atoms with Crippen LogP contribution in [0.1, 0.15) is 24.0 Å². The molecular formula is C14H22N2O2S. The Morgan fingerprint density at radius 1 is 1.37 bits per heavy atom. The van der Waals surface area contributed by atoms with E-state index in [1.165, 1.54) is 0 Å². The molecule has 1 N–H and O–H groups in total. The van der Waals surface area contributed by atoms with Crippen molar-refractivity contribution in [1.29, 1.82) is 0 Å². The zero-order valence-corrected chi connectivity index (χ0v) is 12.6. The lowest BCUT2D eigenvalue weighted by Crippen LogP contribution is -2.41. The molecule has 0 saturated carbocycles. The number of hydrogen-bond donors (Lipinski definition) is 1. The van der Waals surface area contributed by atoms with Gasteiger partial charge in [0, 0.05) is 19.1 Å². The van der Waals surface area contributed by atoms with Gasteiger partial charge in [-0.15, -0.1) is 0 Å². The van der Waals surface area contributed by atoms with Gasteiger partial charge >= 0.3 is 0 Å². The van der Waals surface area contributed by atoms with Crippen molar-refractivity contribution in [1.82, 2.24) is 9.62 Å². The molecule has 1 aromatic carbocycles. The van der Waals surface area contributed by atoms with Gasteiger partial charge in [-0.25, -0.2) is 8.42 Å². The maximum Gasteiger partial charge on any atom is 0.243 e. The molecule has 1 aromatic rings. The number of nitrogens with zero attached hydrogens (tertiary/aromatic N) is 1. The fourth-order valence-electron chi connectivity index (χ4n) is 2.68. The van der Waals surface area contributed by atoms with E-state index in [0.717, 1.165) is 24.0 Å². The molecule has 0 radical (unpaired) electrons. The molecular weight excluding hydrogens is 260 g/mol. The van der Waals surface area contributed by atoms with Crippen molar-refractivity contribution < 1.29 is 8.42 Å². The van der Waals surface area contributed by atoms with Crippen LogP contribution in [0.5, 0.6) is 0 Å². The second kappa shape index (κ2) is 5.61. The molecule has 5 heteroatoms. The van der Waals surface area contributed by atoms with E-state index in [1.807, 2.05) is 33.0 Å². The Bertz CT molecular complexity index is 555. The average molecular weight is 282 g/mol. The van der Waals surface area contributed by atoms with E-state index < -0.39 is 10.0 Å². The van der Waals surface area contributed by atoms with Crippen molar-refractivity contribution >= 4 is 10.0 Å². The van der Waals surface area contributed by atoms with Crippen LogP contribution < -0.4 is 5.32 Å². The van der Waals surface area contributed by atoms with Crippen LogP contribution in [-0.2, 0) is 10.0 Å². The number of benzene rings is 1.